The molecule has 0 bridgehead atoms. The first-order valence-corrected chi connectivity index (χ1v) is 8.14. The van der Waals surface area contributed by atoms with E-state index in [1.165, 1.54) is 16.0 Å². The van der Waals surface area contributed by atoms with Crippen molar-refractivity contribution in [1.82, 2.24) is 5.32 Å². The van der Waals surface area contributed by atoms with Crippen molar-refractivity contribution in [2.45, 2.75) is 19.0 Å². The van der Waals surface area contributed by atoms with Gasteiger partial charge in [0.1, 0.15) is 0 Å². The molecule has 1 atom stereocenters. The van der Waals surface area contributed by atoms with E-state index < -0.39 is 0 Å². The molecule has 1 unspecified atom stereocenters. The van der Waals surface area contributed by atoms with E-state index in [0.29, 0.717) is 6.04 Å². The molecule has 106 valence electrons. The van der Waals surface area contributed by atoms with Crippen LogP contribution in [-0.2, 0) is 13.0 Å². The van der Waals surface area contributed by atoms with Gasteiger partial charge in [-0.05, 0) is 29.0 Å². The lowest BCUT2D eigenvalue weighted by molar-refractivity contribution is 0.533. The lowest BCUT2D eigenvalue weighted by Crippen LogP contribution is -2.22. The third-order valence-corrected chi connectivity index (χ3v) is 4.46. The van der Waals surface area contributed by atoms with E-state index in [-0.39, 0.29) is 0 Å². The van der Waals surface area contributed by atoms with Crippen LogP contribution in [0.4, 0.5) is 0 Å². The van der Waals surface area contributed by atoms with Gasteiger partial charge in [0.05, 0.1) is 0 Å². The van der Waals surface area contributed by atoms with Crippen LogP contribution in [0, 0.1) is 0 Å². The first kappa shape index (κ1) is 14.1. The molecule has 0 saturated carbocycles. The average molecular weight is 293 g/mol. The molecule has 0 saturated heterocycles. The lowest BCUT2D eigenvalue weighted by atomic mass is 9.99. The quantitative estimate of drug-likeness (QED) is 0.687. The van der Waals surface area contributed by atoms with Gasteiger partial charge in [-0.3, -0.25) is 0 Å². The van der Waals surface area contributed by atoms with Gasteiger partial charge in [0, 0.05) is 17.5 Å². The van der Waals surface area contributed by atoms with Crippen molar-refractivity contribution in [2.24, 2.45) is 0 Å². The van der Waals surface area contributed by atoms with Crippen LogP contribution in [0.5, 0.6) is 0 Å². The zero-order valence-electron chi connectivity index (χ0n) is 11.9. The zero-order chi connectivity index (χ0) is 14.3. The normalized spacial score (nSPS) is 12.2. The standard InChI is InChI=1S/C19H19NS/c1-3-8-16(9-4-1)14-19(17-10-5-2-6-11-17)20-15-18-12-7-13-21-18/h1-13,19-20H,14-15H2. The molecule has 3 aromatic rings. The first-order chi connectivity index (χ1) is 10.4. The molecular weight excluding hydrogens is 274 g/mol. The van der Waals surface area contributed by atoms with Crippen molar-refractivity contribution >= 4 is 11.3 Å². The van der Waals surface area contributed by atoms with Crippen molar-refractivity contribution in [3.63, 3.8) is 0 Å². The van der Waals surface area contributed by atoms with Gasteiger partial charge in [-0.15, -0.1) is 11.3 Å². The van der Waals surface area contributed by atoms with Crippen molar-refractivity contribution in [3.8, 4) is 0 Å². The van der Waals surface area contributed by atoms with E-state index in [0.717, 1.165) is 13.0 Å². The molecule has 21 heavy (non-hydrogen) atoms. The van der Waals surface area contributed by atoms with Crippen molar-refractivity contribution in [1.29, 1.82) is 0 Å². The number of rotatable bonds is 6. The number of nitrogens with one attached hydrogen (secondary N) is 1. The highest BCUT2D eigenvalue weighted by molar-refractivity contribution is 7.09. The summed E-state index contributed by atoms with van der Waals surface area (Å²) >= 11 is 1.80. The monoisotopic (exact) mass is 293 g/mol. The first-order valence-electron chi connectivity index (χ1n) is 7.26. The fourth-order valence-electron chi connectivity index (χ4n) is 2.48. The third-order valence-electron chi connectivity index (χ3n) is 3.59. The van der Waals surface area contributed by atoms with E-state index in [2.05, 4.69) is 83.5 Å². The maximum atomic E-state index is 3.70. The van der Waals surface area contributed by atoms with Gasteiger partial charge in [0.25, 0.3) is 0 Å². The number of benzene rings is 2. The fourth-order valence-corrected chi connectivity index (χ4v) is 3.14. The molecule has 0 spiro atoms. The minimum atomic E-state index is 0.343. The van der Waals surface area contributed by atoms with Gasteiger partial charge in [0.15, 0.2) is 0 Å². The Morgan fingerprint density at radius 1 is 0.810 bits per heavy atom. The second-order valence-electron chi connectivity index (χ2n) is 5.11. The van der Waals surface area contributed by atoms with E-state index in [1.54, 1.807) is 11.3 Å². The van der Waals surface area contributed by atoms with Crippen LogP contribution in [0.25, 0.3) is 0 Å². The van der Waals surface area contributed by atoms with E-state index in [4.69, 9.17) is 0 Å². The highest BCUT2D eigenvalue weighted by Gasteiger charge is 2.11. The summed E-state index contributed by atoms with van der Waals surface area (Å²) in [6.45, 7) is 0.921. The molecule has 0 aliphatic carbocycles. The lowest BCUT2D eigenvalue weighted by Gasteiger charge is -2.19. The molecule has 2 heteroatoms. The molecule has 0 radical (unpaired) electrons. The molecule has 1 aromatic heterocycles. The summed E-state index contributed by atoms with van der Waals surface area (Å²) in [6.07, 6.45) is 1.01. The summed E-state index contributed by atoms with van der Waals surface area (Å²) in [7, 11) is 0. The highest BCUT2D eigenvalue weighted by Crippen LogP contribution is 2.19. The molecule has 3 rings (SSSR count). The highest BCUT2D eigenvalue weighted by atomic mass is 32.1. The molecule has 0 amide bonds. The van der Waals surface area contributed by atoms with Crippen LogP contribution in [0.15, 0.2) is 78.2 Å². The summed E-state index contributed by atoms with van der Waals surface area (Å²) in [5, 5.41) is 5.83. The van der Waals surface area contributed by atoms with E-state index in [1.807, 2.05) is 0 Å². The topological polar surface area (TPSA) is 12.0 Å². The SMILES string of the molecule is c1ccc(CC(NCc2cccs2)c2ccccc2)cc1. The van der Waals surface area contributed by atoms with Gasteiger partial charge < -0.3 is 5.32 Å². The second-order valence-corrected chi connectivity index (χ2v) is 6.15. The Morgan fingerprint density at radius 3 is 2.19 bits per heavy atom. The largest absolute Gasteiger partial charge is 0.305 e. The van der Waals surface area contributed by atoms with E-state index >= 15 is 0 Å². The predicted molar refractivity (Wildman–Crippen MR) is 90.5 cm³/mol. The van der Waals surface area contributed by atoms with Crippen LogP contribution in [0.2, 0.25) is 0 Å². The zero-order valence-corrected chi connectivity index (χ0v) is 12.7. The average Bonchev–Trinajstić information content (AvgIpc) is 3.07. The molecule has 1 nitrogen and oxygen atoms in total. The van der Waals surface area contributed by atoms with Crippen LogP contribution < -0.4 is 5.32 Å². The van der Waals surface area contributed by atoms with Crippen LogP contribution in [0.3, 0.4) is 0 Å². The predicted octanol–water partition coefficient (Wildman–Crippen LogP) is 4.82. The Hall–Kier alpha value is -1.90. The summed E-state index contributed by atoms with van der Waals surface area (Å²) in [5.74, 6) is 0. The van der Waals surface area contributed by atoms with Crippen molar-refractivity contribution in [2.75, 3.05) is 0 Å². The minimum absolute atomic E-state index is 0.343. The second kappa shape index (κ2) is 7.21. The summed E-state index contributed by atoms with van der Waals surface area (Å²) < 4.78 is 0. The van der Waals surface area contributed by atoms with Gasteiger partial charge in [-0.25, -0.2) is 0 Å². The Labute approximate surface area is 130 Å². The molecule has 1 heterocycles. The van der Waals surface area contributed by atoms with Crippen LogP contribution >= 0.6 is 11.3 Å². The maximum Gasteiger partial charge on any atom is 0.0364 e. The van der Waals surface area contributed by atoms with E-state index in [9.17, 15) is 0 Å². The Bertz CT molecular complexity index is 632. The van der Waals surface area contributed by atoms with Crippen molar-refractivity contribution < 1.29 is 0 Å². The minimum Gasteiger partial charge on any atom is -0.305 e. The molecule has 2 aromatic carbocycles. The summed E-state index contributed by atoms with van der Waals surface area (Å²) in [6, 6.07) is 26.0. The Morgan fingerprint density at radius 2 is 1.52 bits per heavy atom. The summed E-state index contributed by atoms with van der Waals surface area (Å²) in [4.78, 5) is 1.38. The van der Waals surface area contributed by atoms with Gasteiger partial charge >= 0.3 is 0 Å². The molecule has 1 N–H and O–H groups in total. The Kier molecular flexibility index (Phi) is 4.82. The number of thiophene rings is 1. The van der Waals surface area contributed by atoms with Gasteiger partial charge in [0.2, 0.25) is 0 Å². The third kappa shape index (κ3) is 4.03. The maximum absolute atomic E-state index is 3.70. The smallest absolute Gasteiger partial charge is 0.0364 e. The van der Waals surface area contributed by atoms with Crippen LogP contribution in [-0.4, -0.2) is 0 Å². The van der Waals surface area contributed by atoms with Crippen molar-refractivity contribution in [3.05, 3.63) is 94.2 Å². The number of hydrogen-bond donors (Lipinski definition) is 1. The molecular formula is C19H19NS. The van der Waals surface area contributed by atoms with Gasteiger partial charge in [-0.1, -0.05) is 66.7 Å². The number of hydrogen-bond acceptors (Lipinski definition) is 2. The van der Waals surface area contributed by atoms with Gasteiger partial charge in [-0.2, -0.15) is 0 Å². The molecule has 0 aliphatic heterocycles. The fraction of sp³-hybridized carbons (Fsp3) is 0.158. The summed E-state index contributed by atoms with van der Waals surface area (Å²) in [5.41, 5.74) is 2.71. The molecule has 0 fully saturated rings. The Balaban J connectivity index is 1.74. The molecule has 0 aliphatic rings. The van der Waals surface area contributed by atoms with Crippen LogP contribution in [0.1, 0.15) is 22.0 Å².